The van der Waals surface area contributed by atoms with Gasteiger partial charge in [-0.2, -0.15) is 0 Å². The maximum atomic E-state index is 9.28. The van der Waals surface area contributed by atoms with Crippen molar-refractivity contribution < 1.29 is 5.11 Å². The van der Waals surface area contributed by atoms with Crippen LogP contribution < -0.4 is 10.2 Å². The molecule has 0 aromatic heterocycles. The van der Waals surface area contributed by atoms with E-state index in [9.17, 15) is 5.11 Å². The van der Waals surface area contributed by atoms with Crippen LogP contribution in [-0.4, -0.2) is 23.8 Å². The third-order valence-electron chi connectivity index (χ3n) is 3.07. The molecule has 2 N–H and O–H groups in total. The van der Waals surface area contributed by atoms with Crippen LogP contribution in [0.1, 0.15) is 5.56 Å². The zero-order valence-electron chi connectivity index (χ0n) is 11.4. The molecule has 3 nitrogen and oxygen atoms in total. The first-order chi connectivity index (χ1) is 9.66. The molecule has 0 aliphatic rings. The maximum Gasteiger partial charge on any atom is 0.173 e. The van der Waals surface area contributed by atoms with Crippen LogP contribution in [0.3, 0.4) is 0 Å². The molecule has 20 heavy (non-hydrogen) atoms. The fraction of sp³-hybridized carbons (Fsp3) is 0.188. The van der Waals surface area contributed by atoms with Crippen molar-refractivity contribution in [2.45, 2.75) is 6.42 Å². The van der Waals surface area contributed by atoms with Crippen LogP contribution in [0, 0.1) is 0 Å². The molecule has 2 aromatic rings. The van der Waals surface area contributed by atoms with E-state index in [2.05, 4.69) is 17.4 Å². The number of benzene rings is 2. The van der Waals surface area contributed by atoms with E-state index < -0.39 is 0 Å². The molecule has 0 amide bonds. The molecule has 0 radical (unpaired) electrons. The highest BCUT2D eigenvalue weighted by Gasteiger charge is 2.06. The second kappa shape index (κ2) is 6.91. The largest absolute Gasteiger partial charge is 0.508 e. The Hall–Kier alpha value is -2.07. The Morgan fingerprint density at radius 2 is 1.75 bits per heavy atom. The van der Waals surface area contributed by atoms with Crippen LogP contribution in [0.4, 0.5) is 5.69 Å². The van der Waals surface area contributed by atoms with Crippen LogP contribution in [-0.2, 0) is 6.42 Å². The summed E-state index contributed by atoms with van der Waals surface area (Å²) in [5.41, 5.74) is 2.23. The Morgan fingerprint density at radius 1 is 1.10 bits per heavy atom. The molecule has 0 bridgehead atoms. The number of nitrogens with one attached hydrogen (secondary N) is 1. The summed E-state index contributed by atoms with van der Waals surface area (Å²) in [4.78, 5) is 1.89. The Morgan fingerprint density at radius 3 is 2.40 bits per heavy atom. The van der Waals surface area contributed by atoms with Gasteiger partial charge in [-0.3, -0.25) is 0 Å². The van der Waals surface area contributed by atoms with Gasteiger partial charge >= 0.3 is 0 Å². The van der Waals surface area contributed by atoms with E-state index in [1.807, 2.05) is 42.3 Å². The molecular formula is C16H18N2OS. The summed E-state index contributed by atoms with van der Waals surface area (Å²) in [5, 5.41) is 13.2. The van der Waals surface area contributed by atoms with Gasteiger partial charge in [0.25, 0.3) is 0 Å². The van der Waals surface area contributed by atoms with Crippen molar-refractivity contribution in [2.75, 3.05) is 18.5 Å². The lowest BCUT2D eigenvalue weighted by atomic mass is 10.1. The lowest BCUT2D eigenvalue weighted by Gasteiger charge is -2.21. The van der Waals surface area contributed by atoms with Gasteiger partial charge in [0.15, 0.2) is 5.11 Å². The van der Waals surface area contributed by atoms with Gasteiger partial charge in [-0.25, -0.2) is 0 Å². The Bertz CT molecular complexity index is 554. The average molecular weight is 286 g/mol. The minimum atomic E-state index is 0.255. The van der Waals surface area contributed by atoms with Crippen LogP contribution >= 0.6 is 12.2 Å². The fourth-order valence-electron chi connectivity index (χ4n) is 1.87. The standard InChI is InChI=1S/C16H18N2OS/c1-18(14-7-9-15(19)10-8-14)16(20)17-12-11-13-5-3-2-4-6-13/h2-10,19H,11-12H2,1H3,(H,17,20). The number of aromatic hydroxyl groups is 1. The van der Waals surface area contributed by atoms with Gasteiger partial charge < -0.3 is 15.3 Å². The van der Waals surface area contributed by atoms with Crippen LogP contribution in [0.2, 0.25) is 0 Å². The molecule has 0 aliphatic heterocycles. The summed E-state index contributed by atoms with van der Waals surface area (Å²) in [5.74, 6) is 0.255. The smallest absolute Gasteiger partial charge is 0.173 e. The molecule has 0 atom stereocenters. The summed E-state index contributed by atoms with van der Waals surface area (Å²) in [6.45, 7) is 0.797. The van der Waals surface area contributed by atoms with Gasteiger partial charge in [0.1, 0.15) is 5.75 Å². The zero-order valence-corrected chi connectivity index (χ0v) is 12.2. The van der Waals surface area contributed by atoms with Crippen molar-refractivity contribution in [3.63, 3.8) is 0 Å². The highest BCUT2D eigenvalue weighted by Crippen LogP contribution is 2.17. The Kier molecular flexibility index (Phi) is 4.96. The van der Waals surface area contributed by atoms with Crippen molar-refractivity contribution in [1.29, 1.82) is 0 Å². The molecule has 0 saturated carbocycles. The molecule has 0 spiro atoms. The van der Waals surface area contributed by atoms with Gasteiger partial charge in [0.05, 0.1) is 0 Å². The minimum absolute atomic E-state index is 0.255. The van der Waals surface area contributed by atoms with E-state index in [1.54, 1.807) is 12.1 Å². The number of anilines is 1. The number of nitrogens with zero attached hydrogens (tertiary/aromatic N) is 1. The average Bonchev–Trinajstić information content (AvgIpc) is 2.48. The summed E-state index contributed by atoms with van der Waals surface area (Å²) < 4.78 is 0. The highest BCUT2D eigenvalue weighted by molar-refractivity contribution is 7.80. The molecule has 0 saturated heterocycles. The second-order valence-electron chi connectivity index (χ2n) is 4.54. The van der Waals surface area contributed by atoms with Crippen molar-refractivity contribution >= 4 is 23.0 Å². The van der Waals surface area contributed by atoms with Gasteiger partial charge in [-0.1, -0.05) is 30.3 Å². The maximum absolute atomic E-state index is 9.28. The molecule has 104 valence electrons. The van der Waals surface area contributed by atoms with E-state index in [4.69, 9.17) is 12.2 Å². The van der Waals surface area contributed by atoms with Crippen molar-refractivity contribution in [3.05, 3.63) is 60.2 Å². The second-order valence-corrected chi connectivity index (χ2v) is 4.93. The lowest BCUT2D eigenvalue weighted by Crippen LogP contribution is -2.38. The highest BCUT2D eigenvalue weighted by atomic mass is 32.1. The first-order valence-corrected chi connectivity index (χ1v) is 6.92. The Labute approximate surface area is 124 Å². The van der Waals surface area contributed by atoms with Crippen LogP contribution in [0.15, 0.2) is 54.6 Å². The van der Waals surface area contributed by atoms with Gasteiger partial charge in [0, 0.05) is 19.3 Å². The topological polar surface area (TPSA) is 35.5 Å². The summed E-state index contributed by atoms with van der Waals surface area (Å²) in [7, 11) is 1.91. The summed E-state index contributed by atoms with van der Waals surface area (Å²) in [6.07, 6.45) is 0.935. The van der Waals surface area contributed by atoms with Crippen molar-refractivity contribution in [1.82, 2.24) is 5.32 Å². The monoisotopic (exact) mass is 286 g/mol. The van der Waals surface area contributed by atoms with Crippen molar-refractivity contribution in [2.24, 2.45) is 0 Å². The van der Waals surface area contributed by atoms with Gasteiger partial charge in [0.2, 0.25) is 0 Å². The molecule has 4 heteroatoms. The number of thiocarbonyl (C=S) groups is 1. The zero-order chi connectivity index (χ0) is 14.4. The number of hydrogen-bond acceptors (Lipinski definition) is 2. The van der Waals surface area contributed by atoms with Crippen LogP contribution in [0.25, 0.3) is 0 Å². The predicted molar refractivity (Wildman–Crippen MR) is 87.3 cm³/mol. The van der Waals surface area contributed by atoms with Crippen molar-refractivity contribution in [3.8, 4) is 5.75 Å². The molecule has 0 aliphatic carbocycles. The molecule has 0 heterocycles. The SMILES string of the molecule is CN(C(=S)NCCc1ccccc1)c1ccc(O)cc1. The lowest BCUT2D eigenvalue weighted by molar-refractivity contribution is 0.475. The number of hydrogen-bond donors (Lipinski definition) is 2. The molecule has 2 aromatic carbocycles. The first-order valence-electron chi connectivity index (χ1n) is 6.51. The van der Waals surface area contributed by atoms with Crippen LogP contribution in [0.5, 0.6) is 5.75 Å². The molecule has 0 unspecified atom stereocenters. The molecular weight excluding hydrogens is 268 g/mol. The summed E-state index contributed by atoms with van der Waals surface area (Å²) >= 11 is 5.36. The fourth-order valence-corrected chi connectivity index (χ4v) is 2.08. The van der Waals surface area contributed by atoms with E-state index in [-0.39, 0.29) is 5.75 Å². The summed E-state index contributed by atoms with van der Waals surface area (Å²) in [6, 6.07) is 17.3. The van der Waals surface area contributed by atoms with E-state index >= 15 is 0 Å². The minimum Gasteiger partial charge on any atom is -0.508 e. The normalized spacial score (nSPS) is 10.1. The number of phenols is 1. The Balaban J connectivity index is 1.84. The molecule has 0 fully saturated rings. The predicted octanol–water partition coefficient (Wildman–Crippen LogP) is 2.95. The third-order valence-corrected chi connectivity index (χ3v) is 3.49. The number of rotatable bonds is 4. The quantitative estimate of drug-likeness (QED) is 0.847. The van der Waals surface area contributed by atoms with E-state index in [1.165, 1.54) is 5.56 Å². The van der Waals surface area contributed by atoms with E-state index in [0.29, 0.717) is 5.11 Å². The van der Waals surface area contributed by atoms with Gasteiger partial charge in [-0.15, -0.1) is 0 Å². The molecule has 2 rings (SSSR count). The van der Waals surface area contributed by atoms with Gasteiger partial charge in [-0.05, 0) is 48.5 Å². The number of phenolic OH excluding ortho intramolecular Hbond substituents is 1. The van der Waals surface area contributed by atoms with E-state index in [0.717, 1.165) is 18.7 Å². The first kappa shape index (κ1) is 14.3. The third kappa shape index (κ3) is 3.96.